The minimum absolute atomic E-state index is 0.132. The number of carbonyl (C=O) groups is 1. The molecular weight excluding hydrogens is 198 g/mol. The summed E-state index contributed by atoms with van der Waals surface area (Å²) < 4.78 is 31.7. The Morgan fingerprint density at radius 2 is 1.92 bits per heavy atom. The molecule has 0 bridgehead atoms. The van der Waals surface area contributed by atoms with Crippen LogP contribution in [0.4, 0.5) is 4.79 Å². The molecule has 0 aliphatic carbocycles. The molecule has 0 fully saturated rings. The van der Waals surface area contributed by atoms with Crippen molar-refractivity contribution in [2.24, 2.45) is 5.73 Å². The average molecular weight is 213 g/mol. The molecule has 0 spiro atoms. The Hall–Kier alpha value is -0.820. The Morgan fingerprint density at radius 1 is 1.46 bits per heavy atom. The highest BCUT2D eigenvalue weighted by molar-refractivity contribution is 7.85. The third-order valence-electron chi connectivity index (χ3n) is 0.749. The Morgan fingerprint density at radius 3 is 1.92 bits per heavy atom. The van der Waals surface area contributed by atoms with Gasteiger partial charge in [0.1, 0.15) is 0 Å². The van der Waals surface area contributed by atoms with Crippen molar-refractivity contribution in [2.45, 2.75) is 20.3 Å². The molecule has 0 unspecified atom stereocenters. The molecule has 0 aliphatic rings. The van der Waals surface area contributed by atoms with Crippen LogP contribution in [0.5, 0.6) is 0 Å². The number of hydrogen-bond donors (Lipinski definition) is 2. The van der Waals surface area contributed by atoms with Crippen LogP contribution < -0.4 is 5.73 Å². The molecule has 0 saturated carbocycles. The SMILES string of the molecule is CCCS(=O)(=O)O.CCOC(N)=O. The molecule has 6 nitrogen and oxygen atoms in total. The largest absolute Gasteiger partial charge is 0.450 e. The van der Waals surface area contributed by atoms with Gasteiger partial charge in [-0.3, -0.25) is 4.55 Å². The number of carbonyl (C=O) groups excluding carboxylic acids is 1. The molecule has 1 amide bonds. The first-order chi connectivity index (χ1) is 5.83. The van der Waals surface area contributed by atoms with Crippen LogP contribution in [0.25, 0.3) is 0 Å². The van der Waals surface area contributed by atoms with Gasteiger partial charge >= 0.3 is 6.09 Å². The van der Waals surface area contributed by atoms with E-state index in [0.717, 1.165) is 0 Å². The van der Waals surface area contributed by atoms with Crippen molar-refractivity contribution >= 4 is 16.2 Å². The third kappa shape index (κ3) is 24.7. The maximum Gasteiger partial charge on any atom is 0.404 e. The fraction of sp³-hybridized carbons (Fsp3) is 0.833. The Kier molecular flexibility index (Phi) is 8.83. The zero-order valence-corrected chi connectivity index (χ0v) is 8.50. The molecular formula is C6H15NO5S. The number of ether oxygens (including phenoxy) is 1. The Labute approximate surface area is 77.8 Å². The van der Waals surface area contributed by atoms with Crippen LogP contribution in [0.1, 0.15) is 20.3 Å². The van der Waals surface area contributed by atoms with E-state index in [1.54, 1.807) is 13.8 Å². The maximum atomic E-state index is 9.79. The Bertz CT molecular complexity index is 223. The summed E-state index contributed by atoms with van der Waals surface area (Å²) in [6, 6.07) is 0. The first-order valence-corrected chi connectivity index (χ1v) is 5.31. The summed E-state index contributed by atoms with van der Waals surface area (Å²) in [4.78, 5) is 9.60. The van der Waals surface area contributed by atoms with Gasteiger partial charge < -0.3 is 10.5 Å². The standard InChI is InChI=1S/C3H7NO2.C3H8O3S/c1-2-6-3(4)5;1-2-3-7(4,5)6/h2H2,1H3,(H2,4,5);2-3H2,1H3,(H,4,5,6). The molecule has 0 radical (unpaired) electrons. The van der Waals surface area contributed by atoms with Crippen molar-refractivity contribution in [3.05, 3.63) is 0 Å². The van der Waals surface area contributed by atoms with Crippen LogP contribution in [0.3, 0.4) is 0 Å². The van der Waals surface area contributed by atoms with Crippen molar-refractivity contribution in [1.29, 1.82) is 0 Å². The highest BCUT2D eigenvalue weighted by atomic mass is 32.2. The first-order valence-electron chi connectivity index (χ1n) is 3.70. The first kappa shape index (κ1) is 14.7. The average Bonchev–Trinajstić information content (AvgIpc) is 1.84. The fourth-order valence-electron chi connectivity index (χ4n) is 0.400. The van der Waals surface area contributed by atoms with Crippen LogP contribution in [0.15, 0.2) is 0 Å². The maximum absolute atomic E-state index is 9.79. The molecule has 0 rings (SSSR count). The molecule has 0 saturated heterocycles. The van der Waals surface area contributed by atoms with Gasteiger partial charge in [-0.05, 0) is 13.3 Å². The summed E-state index contributed by atoms with van der Waals surface area (Å²) in [6.07, 6.45) is -0.240. The lowest BCUT2D eigenvalue weighted by Crippen LogP contribution is -2.11. The van der Waals surface area contributed by atoms with E-state index in [4.69, 9.17) is 4.55 Å². The van der Waals surface area contributed by atoms with Crippen molar-refractivity contribution in [3.63, 3.8) is 0 Å². The minimum Gasteiger partial charge on any atom is -0.450 e. The number of rotatable bonds is 3. The summed E-state index contributed by atoms with van der Waals surface area (Å²) in [5, 5.41) is 0. The molecule has 0 aromatic heterocycles. The number of nitrogens with two attached hydrogens (primary N) is 1. The van der Waals surface area contributed by atoms with Gasteiger partial charge in [-0.1, -0.05) is 6.92 Å². The predicted molar refractivity (Wildman–Crippen MR) is 47.9 cm³/mol. The molecule has 13 heavy (non-hydrogen) atoms. The number of primary amides is 1. The van der Waals surface area contributed by atoms with E-state index in [0.29, 0.717) is 13.0 Å². The van der Waals surface area contributed by atoms with Crippen LogP contribution in [-0.2, 0) is 14.9 Å². The van der Waals surface area contributed by atoms with Crippen molar-refractivity contribution in [3.8, 4) is 0 Å². The fourth-order valence-corrected chi connectivity index (χ4v) is 0.916. The highest BCUT2D eigenvalue weighted by Crippen LogP contribution is 1.83. The highest BCUT2D eigenvalue weighted by Gasteiger charge is 1.98. The van der Waals surface area contributed by atoms with Crippen LogP contribution in [0, 0.1) is 0 Å². The third-order valence-corrected chi connectivity index (χ3v) is 1.67. The van der Waals surface area contributed by atoms with Crippen LogP contribution in [0.2, 0.25) is 0 Å². The summed E-state index contributed by atoms with van der Waals surface area (Å²) in [6.45, 7) is 3.74. The zero-order chi connectivity index (χ0) is 10.9. The molecule has 0 atom stereocenters. The smallest absolute Gasteiger partial charge is 0.404 e. The predicted octanol–water partition coefficient (Wildman–Crippen LogP) is 0.386. The van der Waals surface area contributed by atoms with E-state index in [1.165, 1.54) is 0 Å². The Balaban J connectivity index is 0. The van der Waals surface area contributed by atoms with Gasteiger partial charge in [-0.25, -0.2) is 4.79 Å². The lowest BCUT2D eigenvalue weighted by Gasteiger charge is -1.89. The molecule has 7 heteroatoms. The van der Waals surface area contributed by atoms with Gasteiger partial charge in [0.2, 0.25) is 0 Å². The van der Waals surface area contributed by atoms with Crippen LogP contribution >= 0.6 is 0 Å². The van der Waals surface area contributed by atoms with E-state index in [-0.39, 0.29) is 5.75 Å². The quantitative estimate of drug-likeness (QED) is 0.659. The van der Waals surface area contributed by atoms with Crippen molar-refractivity contribution in [2.75, 3.05) is 12.4 Å². The molecule has 0 heterocycles. The van der Waals surface area contributed by atoms with E-state index < -0.39 is 16.2 Å². The number of hydrogen-bond acceptors (Lipinski definition) is 4. The molecule has 80 valence electrons. The van der Waals surface area contributed by atoms with Gasteiger partial charge in [0.05, 0.1) is 12.4 Å². The van der Waals surface area contributed by atoms with E-state index >= 15 is 0 Å². The second kappa shape index (κ2) is 7.81. The van der Waals surface area contributed by atoms with Crippen LogP contribution in [-0.4, -0.2) is 31.4 Å². The zero-order valence-electron chi connectivity index (χ0n) is 7.69. The van der Waals surface area contributed by atoms with E-state index in [9.17, 15) is 13.2 Å². The monoisotopic (exact) mass is 213 g/mol. The van der Waals surface area contributed by atoms with Crippen molar-refractivity contribution < 1.29 is 22.5 Å². The lowest BCUT2D eigenvalue weighted by atomic mass is 10.6. The van der Waals surface area contributed by atoms with Gasteiger partial charge in [-0.15, -0.1) is 0 Å². The second-order valence-electron chi connectivity index (χ2n) is 2.04. The molecule has 3 N–H and O–H groups in total. The summed E-state index contributed by atoms with van der Waals surface area (Å²) in [7, 11) is -3.67. The van der Waals surface area contributed by atoms with E-state index in [2.05, 4.69) is 10.5 Å². The molecule has 0 aromatic rings. The summed E-state index contributed by atoms with van der Waals surface area (Å²) in [5.74, 6) is -0.132. The second-order valence-corrected chi connectivity index (χ2v) is 3.61. The normalized spacial score (nSPS) is 9.77. The number of amides is 1. The van der Waals surface area contributed by atoms with E-state index in [1.807, 2.05) is 0 Å². The van der Waals surface area contributed by atoms with Gasteiger partial charge in [0.15, 0.2) is 0 Å². The summed E-state index contributed by atoms with van der Waals surface area (Å²) >= 11 is 0. The topological polar surface area (TPSA) is 107 Å². The van der Waals surface area contributed by atoms with Crippen molar-refractivity contribution in [1.82, 2.24) is 0 Å². The molecule has 0 aromatic carbocycles. The minimum atomic E-state index is -3.67. The van der Waals surface area contributed by atoms with Gasteiger partial charge in [-0.2, -0.15) is 8.42 Å². The summed E-state index contributed by atoms with van der Waals surface area (Å²) in [5.41, 5.74) is 4.54. The van der Waals surface area contributed by atoms with Gasteiger partial charge in [0, 0.05) is 0 Å². The van der Waals surface area contributed by atoms with Gasteiger partial charge in [0.25, 0.3) is 10.1 Å². The molecule has 0 aliphatic heterocycles. The lowest BCUT2D eigenvalue weighted by molar-refractivity contribution is 0.163.